The van der Waals surface area contributed by atoms with E-state index in [2.05, 4.69) is 75.9 Å². The monoisotopic (exact) mass is 519 g/mol. The van der Waals surface area contributed by atoms with Crippen molar-refractivity contribution in [2.45, 2.75) is 103 Å². The lowest BCUT2D eigenvalue weighted by Crippen LogP contribution is -2.50. The summed E-state index contributed by atoms with van der Waals surface area (Å²) in [4.78, 5) is 10.0. The molecule has 1 aromatic carbocycles. The second-order valence-electron chi connectivity index (χ2n) is 15.2. The summed E-state index contributed by atoms with van der Waals surface area (Å²) in [7, 11) is 1.81. The molecular weight excluding hydrogens is 470 g/mol. The minimum atomic E-state index is -0.000635. The molecule has 0 saturated heterocycles. The number of aliphatic imine (C=N–C) groups is 1. The van der Waals surface area contributed by atoms with E-state index in [-0.39, 0.29) is 16.2 Å². The van der Waals surface area contributed by atoms with Crippen LogP contribution in [0.25, 0.3) is 0 Å². The molecule has 4 bridgehead atoms. The van der Waals surface area contributed by atoms with Crippen molar-refractivity contribution in [1.29, 1.82) is 0 Å². The van der Waals surface area contributed by atoms with Gasteiger partial charge in [-0.3, -0.25) is 0 Å². The van der Waals surface area contributed by atoms with E-state index in [1.165, 1.54) is 55.3 Å². The van der Waals surface area contributed by atoms with E-state index >= 15 is 0 Å². The molecule has 2 aliphatic heterocycles. The highest BCUT2D eigenvalue weighted by Crippen LogP contribution is 2.61. The molecule has 4 aliphatic carbocycles. The summed E-state index contributed by atoms with van der Waals surface area (Å²) in [6, 6.07) is 4.96. The summed E-state index contributed by atoms with van der Waals surface area (Å²) >= 11 is 0. The third-order valence-corrected chi connectivity index (χ3v) is 9.97. The average Bonchev–Trinajstić information content (AvgIpc) is 3.50. The van der Waals surface area contributed by atoms with Crippen molar-refractivity contribution in [3.63, 3.8) is 0 Å². The minimum absolute atomic E-state index is 0.000635. The first-order valence-electron chi connectivity index (χ1n) is 15.1. The first-order chi connectivity index (χ1) is 17.9. The van der Waals surface area contributed by atoms with E-state index in [9.17, 15) is 0 Å². The van der Waals surface area contributed by atoms with Crippen LogP contribution in [-0.4, -0.2) is 43.8 Å². The molecule has 0 N–H and O–H groups in total. The van der Waals surface area contributed by atoms with Crippen LogP contribution in [0.15, 0.2) is 29.5 Å². The Balaban J connectivity index is 1.12. The molecule has 6 aliphatic rings. The van der Waals surface area contributed by atoms with Gasteiger partial charge in [-0.2, -0.15) is 0 Å². The van der Waals surface area contributed by atoms with Crippen LogP contribution in [0, 0.1) is 23.2 Å². The van der Waals surface area contributed by atoms with E-state index in [1.54, 1.807) is 7.11 Å². The van der Waals surface area contributed by atoms with Crippen LogP contribution in [-0.2, 0) is 15.6 Å². The quantitative estimate of drug-likeness (QED) is 0.397. The highest BCUT2D eigenvalue weighted by molar-refractivity contribution is 5.84. The number of anilines is 1. The molecule has 0 spiro atoms. The Morgan fingerprint density at radius 3 is 2.03 bits per heavy atom. The number of hydrogen-bond acceptors (Lipinski definition) is 5. The van der Waals surface area contributed by atoms with Gasteiger partial charge < -0.3 is 19.3 Å². The summed E-state index contributed by atoms with van der Waals surface area (Å²) in [5.41, 5.74) is 4.06. The molecule has 2 heterocycles. The molecule has 208 valence electrons. The SMILES string of the molecule is COc1c(C(C)(C)C)cc(N2C=CN(CC[C@H]3COC(C45CC6CC(CC(C6)C4)C5)=N3)C2)cc1C(C)(C)C. The van der Waals surface area contributed by atoms with E-state index in [0.717, 1.165) is 55.6 Å². The van der Waals surface area contributed by atoms with Gasteiger partial charge in [-0.05, 0) is 85.7 Å². The molecule has 5 heteroatoms. The van der Waals surface area contributed by atoms with Crippen LogP contribution in [0.2, 0.25) is 0 Å². The molecule has 4 fully saturated rings. The van der Waals surface area contributed by atoms with Gasteiger partial charge in [0.15, 0.2) is 5.90 Å². The standard InChI is InChI=1S/C33H49N3O2/c1-31(2,3)27-15-26(16-28(29(27)37-7)32(4,5)6)36-11-10-35(21-36)9-8-25-20-38-30(34-25)33-17-22-12-23(18-33)14-24(13-22)19-33/h10-11,15-16,22-25H,8-9,12-14,17-21H2,1-7H3/t22?,23?,24?,25-,33?/m0/s1. The first kappa shape index (κ1) is 26.1. The zero-order chi connectivity index (χ0) is 26.9. The lowest BCUT2D eigenvalue weighted by Gasteiger charge is -2.56. The van der Waals surface area contributed by atoms with Gasteiger partial charge in [0, 0.05) is 41.2 Å². The van der Waals surface area contributed by atoms with Gasteiger partial charge in [0.25, 0.3) is 0 Å². The smallest absolute Gasteiger partial charge is 0.190 e. The molecule has 5 nitrogen and oxygen atoms in total. The molecule has 4 saturated carbocycles. The van der Waals surface area contributed by atoms with E-state index in [1.807, 2.05) is 0 Å². The summed E-state index contributed by atoms with van der Waals surface area (Å²) in [5, 5.41) is 0. The highest BCUT2D eigenvalue weighted by atomic mass is 16.5. The van der Waals surface area contributed by atoms with Crippen LogP contribution >= 0.6 is 0 Å². The normalized spacial score (nSPS) is 32.2. The van der Waals surface area contributed by atoms with Crippen molar-refractivity contribution in [2.24, 2.45) is 28.2 Å². The fourth-order valence-electron chi connectivity index (χ4n) is 8.43. The molecule has 0 amide bonds. The Hall–Kier alpha value is -2.17. The Kier molecular flexibility index (Phi) is 6.31. The van der Waals surface area contributed by atoms with Crippen molar-refractivity contribution in [3.8, 4) is 5.75 Å². The third-order valence-electron chi connectivity index (χ3n) is 9.97. The van der Waals surface area contributed by atoms with Gasteiger partial charge in [0.2, 0.25) is 0 Å². The number of ether oxygens (including phenoxy) is 2. The number of benzene rings is 1. The van der Waals surface area contributed by atoms with E-state index < -0.39 is 0 Å². The zero-order valence-electron chi connectivity index (χ0n) is 24.8. The molecule has 38 heavy (non-hydrogen) atoms. The second kappa shape index (κ2) is 9.20. The van der Waals surface area contributed by atoms with Gasteiger partial charge in [-0.25, -0.2) is 4.99 Å². The summed E-state index contributed by atoms with van der Waals surface area (Å²) in [5.74, 6) is 4.97. The lowest BCUT2D eigenvalue weighted by atomic mass is 9.49. The van der Waals surface area contributed by atoms with Crippen LogP contribution in [0.3, 0.4) is 0 Å². The van der Waals surface area contributed by atoms with Gasteiger partial charge in [-0.15, -0.1) is 0 Å². The first-order valence-corrected chi connectivity index (χ1v) is 15.1. The van der Waals surface area contributed by atoms with Gasteiger partial charge in [0.1, 0.15) is 12.4 Å². The highest BCUT2D eigenvalue weighted by Gasteiger charge is 2.55. The summed E-state index contributed by atoms with van der Waals surface area (Å²) in [6.07, 6.45) is 13.9. The van der Waals surface area contributed by atoms with Gasteiger partial charge in [0.05, 0.1) is 19.8 Å². The van der Waals surface area contributed by atoms with Crippen molar-refractivity contribution < 1.29 is 9.47 Å². The number of nitrogens with zero attached hydrogens (tertiary/aromatic N) is 3. The maximum atomic E-state index is 6.36. The molecule has 0 aromatic heterocycles. The molecule has 0 unspecified atom stereocenters. The predicted octanol–water partition coefficient (Wildman–Crippen LogP) is 7.24. The molecule has 1 aromatic rings. The Morgan fingerprint density at radius 2 is 1.50 bits per heavy atom. The van der Waals surface area contributed by atoms with Gasteiger partial charge >= 0.3 is 0 Å². The molecular formula is C33H49N3O2. The van der Waals surface area contributed by atoms with Crippen molar-refractivity contribution in [2.75, 3.05) is 31.8 Å². The summed E-state index contributed by atoms with van der Waals surface area (Å²) in [6.45, 7) is 16.3. The Bertz CT molecular complexity index is 1050. The van der Waals surface area contributed by atoms with Crippen molar-refractivity contribution in [1.82, 2.24) is 4.90 Å². The van der Waals surface area contributed by atoms with Crippen LogP contribution in [0.5, 0.6) is 5.75 Å². The Morgan fingerprint density at radius 1 is 0.921 bits per heavy atom. The fourth-order valence-corrected chi connectivity index (χ4v) is 8.43. The molecule has 1 atom stereocenters. The van der Waals surface area contributed by atoms with Crippen LogP contribution in [0.1, 0.15) is 97.6 Å². The summed E-state index contributed by atoms with van der Waals surface area (Å²) < 4.78 is 12.3. The Labute approximate surface area is 230 Å². The number of hydrogen-bond donors (Lipinski definition) is 0. The maximum absolute atomic E-state index is 6.36. The molecule has 0 radical (unpaired) electrons. The topological polar surface area (TPSA) is 37.3 Å². The average molecular weight is 520 g/mol. The fraction of sp³-hybridized carbons (Fsp3) is 0.727. The van der Waals surface area contributed by atoms with E-state index in [0.29, 0.717) is 6.04 Å². The van der Waals surface area contributed by atoms with Crippen molar-refractivity contribution >= 4 is 11.6 Å². The van der Waals surface area contributed by atoms with Crippen LogP contribution < -0.4 is 9.64 Å². The number of methoxy groups -OCH3 is 1. The van der Waals surface area contributed by atoms with Crippen LogP contribution in [0.4, 0.5) is 5.69 Å². The second-order valence-corrected chi connectivity index (χ2v) is 15.2. The lowest BCUT2D eigenvalue weighted by molar-refractivity contribution is -0.0226. The predicted molar refractivity (Wildman–Crippen MR) is 156 cm³/mol. The minimum Gasteiger partial charge on any atom is -0.496 e. The number of rotatable bonds is 6. The third kappa shape index (κ3) is 4.73. The van der Waals surface area contributed by atoms with Crippen molar-refractivity contribution in [3.05, 3.63) is 35.7 Å². The van der Waals surface area contributed by atoms with Gasteiger partial charge in [-0.1, -0.05) is 41.5 Å². The largest absolute Gasteiger partial charge is 0.496 e. The zero-order valence-corrected chi connectivity index (χ0v) is 24.8. The molecule has 7 rings (SSSR count). The maximum Gasteiger partial charge on any atom is 0.190 e. The van der Waals surface area contributed by atoms with E-state index in [4.69, 9.17) is 14.5 Å².